The number of nitrogens with zero attached hydrogens (tertiary/aromatic N) is 4. The van der Waals surface area contributed by atoms with Crippen molar-refractivity contribution >= 4 is 22.4 Å². The van der Waals surface area contributed by atoms with E-state index in [1.807, 2.05) is 23.9 Å². The van der Waals surface area contributed by atoms with Crippen LogP contribution in [0.25, 0.3) is 0 Å². The molecule has 0 aliphatic rings. The molecule has 6 heteroatoms. The van der Waals surface area contributed by atoms with Crippen LogP contribution in [0.1, 0.15) is 31.1 Å². The molecule has 2 aromatic rings. The first-order valence-corrected chi connectivity index (χ1v) is 6.07. The van der Waals surface area contributed by atoms with Crippen LogP contribution >= 0.6 is 11.5 Å². The van der Waals surface area contributed by atoms with Gasteiger partial charge in [0.1, 0.15) is 16.6 Å². The molecule has 0 saturated carbocycles. The van der Waals surface area contributed by atoms with Gasteiger partial charge in [0.25, 0.3) is 0 Å². The van der Waals surface area contributed by atoms with Gasteiger partial charge in [-0.25, -0.2) is 0 Å². The van der Waals surface area contributed by atoms with Gasteiger partial charge >= 0.3 is 0 Å². The third-order valence-corrected chi connectivity index (χ3v) is 3.21. The van der Waals surface area contributed by atoms with Crippen LogP contribution < -0.4 is 5.32 Å². The Morgan fingerprint density at radius 2 is 2.29 bits per heavy atom. The lowest BCUT2D eigenvalue weighted by Gasteiger charge is -2.04. The average Bonchev–Trinajstić information content (AvgIpc) is 2.87. The minimum Gasteiger partial charge on any atom is -0.328 e. The monoisotopic (exact) mass is 247 g/mol. The highest BCUT2D eigenvalue weighted by Crippen LogP contribution is 2.26. The molecule has 2 aromatic heterocycles. The second kappa shape index (κ2) is 4.55. The molecule has 0 atom stereocenters. The summed E-state index contributed by atoms with van der Waals surface area (Å²) in [6.07, 6.45) is 1.91. The zero-order valence-electron chi connectivity index (χ0n) is 9.93. The lowest BCUT2D eigenvalue weighted by molar-refractivity contribution is 0.534. The fraction of sp³-hybridized carbons (Fsp3) is 0.364. The fourth-order valence-electron chi connectivity index (χ4n) is 1.40. The third kappa shape index (κ3) is 2.29. The van der Waals surface area contributed by atoms with Gasteiger partial charge in [0.15, 0.2) is 5.82 Å². The quantitative estimate of drug-likeness (QED) is 0.905. The van der Waals surface area contributed by atoms with E-state index >= 15 is 0 Å². The van der Waals surface area contributed by atoms with Gasteiger partial charge in [0.2, 0.25) is 0 Å². The van der Waals surface area contributed by atoms with Crippen molar-refractivity contribution in [3.05, 3.63) is 23.5 Å². The number of aromatic nitrogens is 3. The SMILES string of the molecule is Cc1nsc(Nc2ccn(C(C)C)n2)c1C#N. The first kappa shape index (κ1) is 11.6. The number of hydrogen-bond donors (Lipinski definition) is 1. The number of nitriles is 1. The van der Waals surface area contributed by atoms with E-state index in [0.717, 1.165) is 16.5 Å². The molecule has 0 aliphatic heterocycles. The van der Waals surface area contributed by atoms with Gasteiger partial charge in [0, 0.05) is 18.3 Å². The van der Waals surface area contributed by atoms with Crippen molar-refractivity contribution in [2.24, 2.45) is 0 Å². The van der Waals surface area contributed by atoms with Gasteiger partial charge in [0.05, 0.1) is 5.69 Å². The molecule has 0 aliphatic carbocycles. The van der Waals surface area contributed by atoms with E-state index in [1.165, 1.54) is 11.5 Å². The molecule has 0 bridgehead atoms. The van der Waals surface area contributed by atoms with Crippen molar-refractivity contribution in [3.63, 3.8) is 0 Å². The summed E-state index contributed by atoms with van der Waals surface area (Å²) in [6.45, 7) is 5.95. The zero-order valence-corrected chi connectivity index (χ0v) is 10.7. The Balaban J connectivity index is 2.23. The number of aryl methyl sites for hydroxylation is 1. The summed E-state index contributed by atoms with van der Waals surface area (Å²) in [6, 6.07) is 4.35. The summed E-state index contributed by atoms with van der Waals surface area (Å²) in [4.78, 5) is 0. The van der Waals surface area contributed by atoms with E-state index in [9.17, 15) is 0 Å². The molecule has 0 saturated heterocycles. The molecule has 0 fully saturated rings. The van der Waals surface area contributed by atoms with Crippen LogP contribution in [0.3, 0.4) is 0 Å². The predicted octanol–water partition coefficient (Wildman–Crippen LogP) is 2.84. The highest BCUT2D eigenvalue weighted by molar-refractivity contribution is 7.10. The lowest BCUT2D eigenvalue weighted by atomic mass is 10.3. The topological polar surface area (TPSA) is 66.5 Å². The summed E-state index contributed by atoms with van der Waals surface area (Å²) in [5.41, 5.74) is 1.34. The molecule has 5 nitrogen and oxygen atoms in total. The van der Waals surface area contributed by atoms with Gasteiger partial charge in [-0.1, -0.05) is 0 Å². The Hall–Kier alpha value is -1.87. The molecule has 0 unspecified atom stereocenters. The summed E-state index contributed by atoms with van der Waals surface area (Å²) in [5.74, 6) is 0.735. The molecular weight excluding hydrogens is 234 g/mol. The van der Waals surface area contributed by atoms with Crippen LogP contribution in [0.15, 0.2) is 12.3 Å². The fourth-order valence-corrected chi connectivity index (χ4v) is 2.15. The van der Waals surface area contributed by atoms with Crippen LogP contribution in [0.4, 0.5) is 10.8 Å². The molecule has 1 N–H and O–H groups in total. The maximum Gasteiger partial charge on any atom is 0.153 e. The van der Waals surface area contributed by atoms with Crippen molar-refractivity contribution in [2.75, 3.05) is 5.32 Å². The minimum atomic E-state index is 0.323. The molecule has 88 valence electrons. The molecule has 0 radical (unpaired) electrons. The van der Waals surface area contributed by atoms with Crippen LogP contribution in [-0.4, -0.2) is 14.2 Å². The van der Waals surface area contributed by atoms with Gasteiger partial charge in [-0.05, 0) is 32.3 Å². The third-order valence-electron chi connectivity index (χ3n) is 2.35. The van der Waals surface area contributed by atoms with E-state index in [4.69, 9.17) is 5.26 Å². The molecule has 2 rings (SSSR count). The summed E-state index contributed by atoms with van der Waals surface area (Å²) < 4.78 is 6.01. The molecule has 0 aromatic carbocycles. The normalized spacial score (nSPS) is 10.5. The molecule has 0 amide bonds. The average molecular weight is 247 g/mol. The number of rotatable bonds is 3. The number of nitrogens with one attached hydrogen (secondary N) is 1. The van der Waals surface area contributed by atoms with Crippen molar-refractivity contribution in [3.8, 4) is 6.07 Å². The van der Waals surface area contributed by atoms with E-state index in [0.29, 0.717) is 11.6 Å². The maximum atomic E-state index is 9.01. The molecular formula is C11H13N5S. The maximum absolute atomic E-state index is 9.01. The Bertz CT molecular complexity index is 561. The predicted molar refractivity (Wildman–Crippen MR) is 67.5 cm³/mol. The van der Waals surface area contributed by atoms with E-state index in [1.54, 1.807) is 0 Å². The molecule has 2 heterocycles. The number of hydrogen-bond acceptors (Lipinski definition) is 5. The summed E-state index contributed by atoms with van der Waals surface area (Å²) in [5, 5.41) is 17.2. The van der Waals surface area contributed by atoms with Crippen molar-refractivity contribution in [2.45, 2.75) is 26.8 Å². The van der Waals surface area contributed by atoms with Crippen molar-refractivity contribution < 1.29 is 0 Å². The Morgan fingerprint density at radius 3 is 2.88 bits per heavy atom. The van der Waals surface area contributed by atoms with Gasteiger partial charge in [-0.2, -0.15) is 14.7 Å². The van der Waals surface area contributed by atoms with E-state index < -0.39 is 0 Å². The summed E-state index contributed by atoms with van der Waals surface area (Å²) in [7, 11) is 0. The second-order valence-corrected chi connectivity index (χ2v) is 4.76. The van der Waals surface area contributed by atoms with Crippen molar-refractivity contribution in [1.82, 2.24) is 14.2 Å². The minimum absolute atomic E-state index is 0.323. The van der Waals surface area contributed by atoms with Gasteiger partial charge in [-0.3, -0.25) is 4.68 Å². The van der Waals surface area contributed by atoms with Crippen LogP contribution in [0, 0.1) is 18.3 Å². The molecule has 17 heavy (non-hydrogen) atoms. The summed E-state index contributed by atoms with van der Waals surface area (Å²) >= 11 is 1.28. The van der Waals surface area contributed by atoms with Gasteiger partial charge < -0.3 is 5.32 Å². The highest BCUT2D eigenvalue weighted by Gasteiger charge is 2.11. The smallest absolute Gasteiger partial charge is 0.153 e. The Labute approximate surface area is 104 Å². The lowest BCUT2D eigenvalue weighted by Crippen LogP contribution is -2.01. The van der Waals surface area contributed by atoms with Crippen LogP contribution in [0.5, 0.6) is 0 Å². The van der Waals surface area contributed by atoms with Gasteiger partial charge in [-0.15, -0.1) is 0 Å². The van der Waals surface area contributed by atoms with Crippen molar-refractivity contribution in [1.29, 1.82) is 5.26 Å². The number of anilines is 2. The zero-order chi connectivity index (χ0) is 12.4. The highest BCUT2D eigenvalue weighted by atomic mass is 32.1. The van der Waals surface area contributed by atoms with E-state index in [-0.39, 0.29) is 0 Å². The van der Waals surface area contributed by atoms with Crippen LogP contribution in [0.2, 0.25) is 0 Å². The first-order valence-electron chi connectivity index (χ1n) is 5.30. The largest absolute Gasteiger partial charge is 0.328 e. The second-order valence-electron chi connectivity index (χ2n) is 3.98. The Morgan fingerprint density at radius 1 is 1.53 bits per heavy atom. The van der Waals surface area contributed by atoms with E-state index in [2.05, 4.69) is 34.7 Å². The molecule has 0 spiro atoms. The first-order chi connectivity index (χ1) is 8.11. The standard InChI is InChI=1S/C11H13N5S/c1-7(2)16-5-4-10(14-16)13-11-9(6-12)8(3)15-17-11/h4-5,7H,1-3H3,(H,13,14). The Kier molecular flexibility index (Phi) is 3.11. The van der Waals surface area contributed by atoms with Crippen LogP contribution in [-0.2, 0) is 0 Å².